The second kappa shape index (κ2) is 7.79. The molecular weight excluding hydrogens is 265 g/mol. The van der Waals surface area contributed by atoms with Gasteiger partial charge < -0.3 is 10.1 Å². The number of hydrogen-bond donors (Lipinski definition) is 1. The molecule has 3 heteroatoms. The van der Waals surface area contributed by atoms with Crippen LogP contribution in [0.1, 0.15) is 30.9 Å². The molecule has 0 saturated carbocycles. The second-order valence-electron chi connectivity index (χ2n) is 5.20. The maximum absolute atomic E-state index is 13.1. The van der Waals surface area contributed by atoms with Crippen molar-refractivity contribution in [3.05, 3.63) is 65.5 Å². The Morgan fingerprint density at radius 2 is 1.90 bits per heavy atom. The van der Waals surface area contributed by atoms with E-state index in [4.69, 9.17) is 4.74 Å². The summed E-state index contributed by atoms with van der Waals surface area (Å²) in [6, 6.07) is 14.6. The van der Waals surface area contributed by atoms with Crippen molar-refractivity contribution in [3.8, 4) is 5.75 Å². The van der Waals surface area contributed by atoms with Crippen LogP contribution in [0.15, 0.2) is 48.5 Å². The summed E-state index contributed by atoms with van der Waals surface area (Å²) in [6.45, 7) is 6.74. The van der Waals surface area contributed by atoms with Crippen LogP contribution in [0.25, 0.3) is 0 Å². The van der Waals surface area contributed by atoms with Gasteiger partial charge in [0.05, 0.1) is 0 Å². The molecule has 0 aliphatic heterocycles. The fraction of sp³-hybridized carbons (Fsp3) is 0.333. The van der Waals surface area contributed by atoms with E-state index in [1.54, 1.807) is 12.1 Å². The van der Waals surface area contributed by atoms with Crippen LogP contribution in [0, 0.1) is 5.82 Å². The summed E-state index contributed by atoms with van der Waals surface area (Å²) in [5.74, 6) is 0.767. The average Bonchev–Trinajstić information content (AvgIpc) is 2.51. The van der Waals surface area contributed by atoms with Crippen LogP contribution in [0.3, 0.4) is 0 Å². The number of hydrogen-bond acceptors (Lipinski definition) is 2. The maximum Gasteiger partial charge on any atom is 0.126 e. The van der Waals surface area contributed by atoms with Crippen molar-refractivity contribution >= 4 is 0 Å². The molecule has 1 atom stereocenters. The molecule has 0 aliphatic rings. The van der Waals surface area contributed by atoms with Crippen LogP contribution in [0.2, 0.25) is 0 Å². The molecule has 0 bridgehead atoms. The molecule has 0 heterocycles. The predicted octanol–water partition coefficient (Wildman–Crippen LogP) is 4.12. The summed E-state index contributed by atoms with van der Waals surface area (Å²) in [6.07, 6.45) is 0. The molecule has 2 aromatic rings. The van der Waals surface area contributed by atoms with Gasteiger partial charge in [-0.25, -0.2) is 4.39 Å². The van der Waals surface area contributed by atoms with Gasteiger partial charge >= 0.3 is 0 Å². The minimum Gasteiger partial charge on any atom is -0.489 e. The third-order valence-electron chi connectivity index (χ3n) is 3.45. The van der Waals surface area contributed by atoms with Crippen LogP contribution in [0.5, 0.6) is 5.75 Å². The summed E-state index contributed by atoms with van der Waals surface area (Å²) < 4.78 is 18.6. The van der Waals surface area contributed by atoms with Gasteiger partial charge in [-0.3, -0.25) is 0 Å². The lowest BCUT2D eigenvalue weighted by Crippen LogP contribution is -2.19. The number of halogens is 1. The Morgan fingerprint density at radius 3 is 2.57 bits per heavy atom. The minimum atomic E-state index is -0.278. The zero-order chi connectivity index (χ0) is 15.1. The lowest BCUT2D eigenvalue weighted by Gasteiger charge is -2.13. The van der Waals surface area contributed by atoms with Crippen LogP contribution >= 0.6 is 0 Å². The molecule has 0 amide bonds. The van der Waals surface area contributed by atoms with Crippen LogP contribution in [-0.4, -0.2) is 13.1 Å². The monoisotopic (exact) mass is 287 g/mol. The van der Waals surface area contributed by atoms with E-state index >= 15 is 0 Å². The van der Waals surface area contributed by atoms with E-state index in [1.807, 2.05) is 0 Å². The fourth-order valence-electron chi connectivity index (χ4n) is 2.14. The Bertz CT molecular complexity index is 553. The Labute approximate surface area is 126 Å². The standard InChI is InChI=1S/C18H22FNO/c1-3-20-12-14(2)16-9-7-15(8-10-16)13-21-18-6-4-5-17(19)11-18/h4-11,14,20H,3,12-13H2,1-2H3. The molecule has 2 rings (SSSR count). The largest absolute Gasteiger partial charge is 0.489 e. The van der Waals surface area contributed by atoms with Crippen molar-refractivity contribution in [2.45, 2.75) is 26.4 Å². The highest BCUT2D eigenvalue weighted by molar-refractivity contribution is 5.26. The molecule has 0 spiro atoms. The highest BCUT2D eigenvalue weighted by atomic mass is 19.1. The van der Waals surface area contributed by atoms with Gasteiger partial charge in [0.15, 0.2) is 0 Å². The Balaban J connectivity index is 1.90. The van der Waals surface area contributed by atoms with Crippen molar-refractivity contribution in [1.29, 1.82) is 0 Å². The summed E-state index contributed by atoms with van der Waals surface area (Å²) >= 11 is 0. The molecule has 0 aliphatic carbocycles. The molecule has 0 radical (unpaired) electrons. The van der Waals surface area contributed by atoms with Gasteiger partial charge in [0.1, 0.15) is 18.2 Å². The van der Waals surface area contributed by atoms with Gasteiger partial charge in [-0.15, -0.1) is 0 Å². The molecule has 1 unspecified atom stereocenters. The molecular formula is C18H22FNO. The number of likely N-dealkylation sites (N-methyl/N-ethyl adjacent to an activating group) is 1. The lowest BCUT2D eigenvalue weighted by molar-refractivity contribution is 0.304. The zero-order valence-corrected chi connectivity index (χ0v) is 12.6. The van der Waals surface area contributed by atoms with Crippen molar-refractivity contribution in [2.24, 2.45) is 0 Å². The lowest BCUT2D eigenvalue weighted by atomic mass is 10.00. The van der Waals surface area contributed by atoms with Crippen molar-refractivity contribution in [1.82, 2.24) is 5.32 Å². The normalized spacial score (nSPS) is 12.1. The number of ether oxygens (including phenoxy) is 1. The molecule has 21 heavy (non-hydrogen) atoms. The molecule has 0 aromatic heterocycles. The van der Waals surface area contributed by atoms with Gasteiger partial charge in [-0.1, -0.05) is 44.2 Å². The molecule has 112 valence electrons. The van der Waals surface area contributed by atoms with Gasteiger partial charge in [0.2, 0.25) is 0 Å². The summed E-state index contributed by atoms with van der Waals surface area (Å²) in [5, 5.41) is 3.35. The number of nitrogens with one attached hydrogen (secondary N) is 1. The van der Waals surface area contributed by atoms with E-state index in [1.165, 1.54) is 17.7 Å². The summed E-state index contributed by atoms with van der Waals surface area (Å²) in [4.78, 5) is 0. The SMILES string of the molecule is CCNCC(C)c1ccc(COc2cccc(F)c2)cc1. The van der Waals surface area contributed by atoms with Gasteiger partial charge in [-0.05, 0) is 35.7 Å². The number of rotatable bonds is 7. The molecule has 2 nitrogen and oxygen atoms in total. The quantitative estimate of drug-likeness (QED) is 0.827. The van der Waals surface area contributed by atoms with E-state index in [0.29, 0.717) is 18.3 Å². The first kappa shape index (κ1) is 15.5. The third kappa shape index (κ3) is 4.87. The second-order valence-corrected chi connectivity index (χ2v) is 5.20. The Morgan fingerprint density at radius 1 is 1.14 bits per heavy atom. The van der Waals surface area contributed by atoms with Crippen LogP contribution in [-0.2, 0) is 6.61 Å². The zero-order valence-electron chi connectivity index (χ0n) is 12.6. The van der Waals surface area contributed by atoms with E-state index in [-0.39, 0.29) is 5.82 Å². The highest BCUT2D eigenvalue weighted by Crippen LogP contribution is 2.17. The third-order valence-corrected chi connectivity index (χ3v) is 3.45. The number of benzene rings is 2. The highest BCUT2D eigenvalue weighted by Gasteiger charge is 2.05. The van der Waals surface area contributed by atoms with E-state index < -0.39 is 0 Å². The van der Waals surface area contributed by atoms with Gasteiger partial charge in [0, 0.05) is 12.6 Å². The van der Waals surface area contributed by atoms with E-state index in [2.05, 4.69) is 43.4 Å². The smallest absolute Gasteiger partial charge is 0.126 e. The molecule has 0 fully saturated rings. The summed E-state index contributed by atoms with van der Waals surface area (Å²) in [7, 11) is 0. The predicted molar refractivity (Wildman–Crippen MR) is 84.1 cm³/mol. The first-order valence-electron chi connectivity index (χ1n) is 7.37. The van der Waals surface area contributed by atoms with Crippen LogP contribution in [0.4, 0.5) is 4.39 Å². The first-order valence-corrected chi connectivity index (χ1v) is 7.37. The Hall–Kier alpha value is -1.87. The maximum atomic E-state index is 13.1. The first-order chi connectivity index (χ1) is 10.2. The van der Waals surface area contributed by atoms with E-state index in [9.17, 15) is 4.39 Å². The van der Waals surface area contributed by atoms with Gasteiger partial charge in [-0.2, -0.15) is 0 Å². The summed E-state index contributed by atoms with van der Waals surface area (Å²) in [5.41, 5.74) is 2.39. The molecule has 0 saturated heterocycles. The van der Waals surface area contributed by atoms with E-state index in [0.717, 1.165) is 18.7 Å². The van der Waals surface area contributed by atoms with Crippen molar-refractivity contribution in [2.75, 3.05) is 13.1 Å². The Kier molecular flexibility index (Phi) is 5.76. The fourth-order valence-corrected chi connectivity index (χ4v) is 2.14. The average molecular weight is 287 g/mol. The topological polar surface area (TPSA) is 21.3 Å². The molecule has 1 N–H and O–H groups in total. The molecule has 2 aromatic carbocycles. The van der Waals surface area contributed by atoms with Crippen molar-refractivity contribution in [3.63, 3.8) is 0 Å². The minimum absolute atomic E-state index is 0.278. The van der Waals surface area contributed by atoms with Crippen molar-refractivity contribution < 1.29 is 9.13 Å². The van der Waals surface area contributed by atoms with Crippen LogP contribution < -0.4 is 10.1 Å². The van der Waals surface area contributed by atoms with Gasteiger partial charge in [0.25, 0.3) is 0 Å².